The smallest absolute Gasteiger partial charge is 0.264 e. The molecule has 0 aliphatic rings. The number of benzene rings is 2. The third-order valence-electron chi connectivity index (χ3n) is 3.84. The number of hydrogen-bond acceptors (Lipinski definition) is 7. The van der Waals surface area contributed by atoms with Gasteiger partial charge in [-0.3, -0.25) is 4.79 Å². The molecule has 150 valence electrons. The average molecular weight is 413 g/mol. The number of nitrogen functional groups attached to an aromatic ring is 1. The molecule has 0 saturated carbocycles. The van der Waals surface area contributed by atoms with E-state index >= 15 is 0 Å². The van der Waals surface area contributed by atoms with Crippen LogP contribution in [0.1, 0.15) is 18.9 Å². The zero-order valence-electron chi connectivity index (χ0n) is 15.7. The van der Waals surface area contributed by atoms with Crippen LogP contribution >= 0.6 is 11.8 Å². The number of halogens is 1. The van der Waals surface area contributed by atoms with Gasteiger partial charge in [0.05, 0.1) is 11.5 Å². The SMILES string of the molecule is CC/C(=N\Nc1nnc(SCC(=O)Nc2cccc(F)c2)n1N)c1ccccc1. The molecule has 0 atom stereocenters. The summed E-state index contributed by atoms with van der Waals surface area (Å²) in [6.07, 6.45) is 0.720. The second-order valence-corrected chi connectivity index (χ2v) is 6.86. The van der Waals surface area contributed by atoms with E-state index in [1.165, 1.54) is 22.9 Å². The van der Waals surface area contributed by atoms with Crippen molar-refractivity contribution in [2.45, 2.75) is 18.5 Å². The topological polar surface area (TPSA) is 110 Å². The van der Waals surface area contributed by atoms with Gasteiger partial charge in [0, 0.05) is 5.69 Å². The fraction of sp³-hybridized carbons (Fsp3) is 0.158. The van der Waals surface area contributed by atoms with Crippen LogP contribution in [0, 0.1) is 5.82 Å². The Morgan fingerprint density at radius 3 is 2.72 bits per heavy atom. The summed E-state index contributed by atoms with van der Waals surface area (Å²) < 4.78 is 14.4. The van der Waals surface area contributed by atoms with Crippen LogP contribution in [0.3, 0.4) is 0 Å². The molecule has 29 heavy (non-hydrogen) atoms. The highest BCUT2D eigenvalue weighted by atomic mass is 32.2. The standard InChI is InChI=1S/C19H20FN7OS/c1-2-16(13-7-4-3-5-8-13)23-24-18-25-26-19(27(18)21)29-12-17(28)22-15-10-6-9-14(20)11-15/h3-11H,2,12,21H2,1H3,(H,22,28)(H,24,25)/b23-16+. The largest absolute Gasteiger partial charge is 0.334 e. The van der Waals surface area contributed by atoms with E-state index in [1.807, 2.05) is 37.3 Å². The second kappa shape index (κ2) is 9.69. The Bertz CT molecular complexity index is 1010. The number of aromatic nitrogens is 3. The van der Waals surface area contributed by atoms with Crippen LogP contribution in [0.4, 0.5) is 16.0 Å². The van der Waals surface area contributed by atoms with Gasteiger partial charge >= 0.3 is 0 Å². The Morgan fingerprint density at radius 2 is 2.00 bits per heavy atom. The third-order valence-corrected chi connectivity index (χ3v) is 4.78. The summed E-state index contributed by atoms with van der Waals surface area (Å²) in [7, 11) is 0. The highest BCUT2D eigenvalue weighted by Gasteiger charge is 2.13. The van der Waals surface area contributed by atoms with Crippen LogP contribution in [-0.4, -0.2) is 32.2 Å². The van der Waals surface area contributed by atoms with E-state index < -0.39 is 5.82 Å². The number of hydrogen-bond donors (Lipinski definition) is 3. The van der Waals surface area contributed by atoms with Gasteiger partial charge in [-0.05, 0) is 30.2 Å². The minimum absolute atomic E-state index is 0.0410. The maximum atomic E-state index is 13.2. The molecule has 0 radical (unpaired) electrons. The van der Waals surface area contributed by atoms with Crippen molar-refractivity contribution in [1.29, 1.82) is 0 Å². The number of nitrogens with two attached hydrogens (primary N) is 1. The number of nitrogens with one attached hydrogen (secondary N) is 2. The molecule has 0 aliphatic carbocycles. The summed E-state index contributed by atoms with van der Waals surface area (Å²) in [4.78, 5) is 12.0. The van der Waals surface area contributed by atoms with E-state index in [4.69, 9.17) is 5.84 Å². The molecule has 0 aliphatic heterocycles. The van der Waals surface area contributed by atoms with Crippen molar-refractivity contribution < 1.29 is 9.18 Å². The van der Waals surface area contributed by atoms with E-state index in [2.05, 4.69) is 26.0 Å². The number of hydrazone groups is 1. The molecule has 10 heteroatoms. The van der Waals surface area contributed by atoms with E-state index in [-0.39, 0.29) is 17.6 Å². The summed E-state index contributed by atoms with van der Waals surface area (Å²) in [6.45, 7) is 2.00. The molecular weight excluding hydrogens is 393 g/mol. The molecule has 1 heterocycles. The van der Waals surface area contributed by atoms with Gasteiger partial charge in [-0.1, -0.05) is 55.1 Å². The van der Waals surface area contributed by atoms with Gasteiger partial charge in [-0.15, -0.1) is 10.2 Å². The number of rotatable bonds is 8. The summed E-state index contributed by atoms with van der Waals surface area (Å²) in [5.74, 6) is 5.54. The first-order valence-corrected chi connectivity index (χ1v) is 9.82. The van der Waals surface area contributed by atoms with Crippen molar-refractivity contribution in [3.05, 3.63) is 66.0 Å². The van der Waals surface area contributed by atoms with Crippen LogP contribution in [0.5, 0.6) is 0 Å². The molecule has 1 aromatic heterocycles. The molecule has 0 spiro atoms. The minimum atomic E-state index is -0.421. The van der Waals surface area contributed by atoms with E-state index in [1.54, 1.807) is 6.07 Å². The summed E-state index contributed by atoms with van der Waals surface area (Å²) >= 11 is 1.11. The lowest BCUT2D eigenvalue weighted by Gasteiger charge is -2.06. The highest BCUT2D eigenvalue weighted by Crippen LogP contribution is 2.18. The second-order valence-electron chi connectivity index (χ2n) is 5.91. The molecule has 8 nitrogen and oxygen atoms in total. The Labute approximate surface area is 171 Å². The first kappa shape index (κ1) is 20.3. The molecule has 1 amide bonds. The highest BCUT2D eigenvalue weighted by molar-refractivity contribution is 7.99. The zero-order chi connectivity index (χ0) is 20.6. The third kappa shape index (κ3) is 5.55. The van der Waals surface area contributed by atoms with Crippen molar-refractivity contribution in [2.75, 3.05) is 22.3 Å². The number of carbonyl (C=O) groups excluding carboxylic acids is 1. The summed E-state index contributed by atoms with van der Waals surface area (Å²) in [6, 6.07) is 15.4. The molecule has 3 aromatic rings. The van der Waals surface area contributed by atoms with Crippen LogP contribution in [0.15, 0.2) is 64.9 Å². The Hall–Kier alpha value is -3.40. The summed E-state index contributed by atoms with van der Waals surface area (Å²) in [5, 5.41) is 15.2. The Balaban J connectivity index is 1.59. The molecule has 3 rings (SSSR count). The van der Waals surface area contributed by atoms with Crippen LogP contribution in [0.25, 0.3) is 0 Å². The lowest BCUT2D eigenvalue weighted by atomic mass is 10.1. The number of nitrogens with zero attached hydrogens (tertiary/aromatic N) is 4. The van der Waals surface area contributed by atoms with Crippen molar-refractivity contribution in [2.24, 2.45) is 5.10 Å². The lowest BCUT2D eigenvalue weighted by Crippen LogP contribution is -2.17. The van der Waals surface area contributed by atoms with E-state index in [9.17, 15) is 9.18 Å². The molecule has 4 N–H and O–H groups in total. The van der Waals surface area contributed by atoms with E-state index in [0.29, 0.717) is 10.8 Å². The van der Waals surface area contributed by atoms with Gasteiger partial charge in [0.25, 0.3) is 5.95 Å². The first-order valence-electron chi connectivity index (χ1n) is 8.83. The molecule has 0 bridgehead atoms. The van der Waals surface area contributed by atoms with Crippen molar-refractivity contribution in [3.63, 3.8) is 0 Å². The van der Waals surface area contributed by atoms with Gasteiger partial charge < -0.3 is 11.2 Å². The van der Waals surface area contributed by atoms with Crippen molar-refractivity contribution in [3.8, 4) is 0 Å². The first-order chi connectivity index (χ1) is 14.1. The van der Waals surface area contributed by atoms with Gasteiger partial charge in [0.2, 0.25) is 11.1 Å². The monoisotopic (exact) mass is 413 g/mol. The number of carbonyl (C=O) groups is 1. The number of anilines is 2. The normalized spacial score (nSPS) is 11.3. The quantitative estimate of drug-likeness (QED) is 0.227. The van der Waals surface area contributed by atoms with Crippen LogP contribution in [0.2, 0.25) is 0 Å². The van der Waals surface area contributed by atoms with Crippen molar-refractivity contribution >= 4 is 35.0 Å². The van der Waals surface area contributed by atoms with Crippen LogP contribution in [-0.2, 0) is 4.79 Å². The molecule has 0 unspecified atom stereocenters. The maximum Gasteiger partial charge on any atom is 0.264 e. The fourth-order valence-electron chi connectivity index (χ4n) is 2.44. The maximum absolute atomic E-state index is 13.2. The predicted octanol–water partition coefficient (Wildman–Crippen LogP) is 3.09. The molecule has 0 fully saturated rings. The minimum Gasteiger partial charge on any atom is -0.334 e. The molecule has 0 saturated heterocycles. The average Bonchev–Trinajstić information content (AvgIpc) is 3.07. The zero-order valence-corrected chi connectivity index (χ0v) is 16.5. The Kier molecular flexibility index (Phi) is 6.80. The summed E-state index contributed by atoms with van der Waals surface area (Å²) in [5.41, 5.74) is 5.04. The van der Waals surface area contributed by atoms with Gasteiger partial charge in [-0.2, -0.15) is 5.10 Å². The lowest BCUT2D eigenvalue weighted by molar-refractivity contribution is -0.113. The Morgan fingerprint density at radius 1 is 1.21 bits per heavy atom. The van der Waals surface area contributed by atoms with Crippen molar-refractivity contribution in [1.82, 2.24) is 14.9 Å². The number of thioether (sulfide) groups is 1. The van der Waals surface area contributed by atoms with Gasteiger partial charge in [0.1, 0.15) is 5.82 Å². The predicted molar refractivity (Wildman–Crippen MR) is 113 cm³/mol. The van der Waals surface area contributed by atoms with Gasteiger partial charge in [-0.25, -0.2) is 14.5 Å². The van der Waals surface area contributed by atoms with Crippen LogP contribution < -0.4 is 16.6 Å². The number of amides is 1. The van der Waals surface area contributed by atoms with Gasteiger partial charge in [0.15, 0.2) is 0 Å². The fourth-order valence-corrected chi connectivity index (χ4v) is 3.10. The van der Waals surface area contributed by atoms with E-state index in [0.717, 1.165) is 29.5 Å². The molecule has 2 aromatic carbocycles. The molecular formula is C19H20FN7OS.